The molecule has 3 heteroatoms. The fraction of sp³-hybridized carbons (Fsp3) is 0.542. The summed E-state index contributed by atoms with van der Waals surface area (Å²) in [6, 6.07) is 0. The van der Waals surface area contributed by atoms with Gasteiger partial charge in [-0.1, -0.05) is 67.7 Å². The van der Waals surface area contributed by atoms with Crippen LogP contribution in [0.5, 0.6) is 0 Å². The number of carbonyl (C=O) groups excluding carboxylic acids is 1. The van der Waals surface area contributed by atoms with Crippen LogP contribution in [0.25, 0.3) is 0 Å². The SMILES string of the molecule is CCC=CCC=CCC=CCC=CCC=CCCCCC(O)C(=O)OCC. The quantitative estimate of drug-likeness (QED) is 0.198. The Morgan fingerprint density at radius 2 is 1.26 bits per heavy atom. The number of ether oxygens (including phenoxy) is 1. The molecule has 0 saturated heterocycles. The third-order valence-corrected chi connectivity index (χ3v) is 3.81. The van der Waals surface area contributed by atoms with Gasteiger partial charge in [0.15, 0.2) is 6.10 Å². The van der Waals surface area contributed by atoms with E-state index >= 15 is 0 Å². The smallest absolute Gasteiger partial charge is 0.334 e. The van der Waals surface area contributed by atoms with Gasteiger partial charge in [-0.05, 0) is 64.7 Å². The molecule has 1 atom stereocenters. The predicted octanol–water partition coefficient (Wildman–Crippen LogP) is 6.22. The second kappa shape index (κ2) is 20.4. The monoisotopic (exact) mass is 374 g/mol. The van der Waals surface area contributed by atoms with Crippen molar-refractivity contribution >= 4 is 5.97 Å². The van der Waals surface area contributed by atoms with Crippen molar-refractivity contribution in [1.29, 1.82) is 0 Å². The highest BCUT2D eigenvalue weighted by molar-refractivity contribution is 5.74. The first kappa shape index (κ1) is 25.1. The zero-order valence-electron chi connectivity index (χ0n) is 17.2. The maximum Gasteiger partial charge on any atom is 0.334 e. The van der Waals surface area contributed by atoms with Crippen LogP contribution in [0, 0.1) is 0 Å². The maximum absolute atomic E-state index is 11.3. The third kappa shape index (κ3) is 18.7. The van der Waals surface area contributed by atoms with E-state index in [0.29, 0.717) is 13.0 Å². The van der Waals surface area contributed by atoms with Crippen LogP contribution in [0.15, 0.2) is 60.8 Å². The molecule has 0 aliphatic carbocycles. The number of unbranched alkanes of at least 4 members (excludes halogenated alkanes) is 2. The van der Waals surface area contributed by atoms with Gasteiger partial charge >= 0.3 is 5.97 Å². The number of esters is 1. The van der Waals surface area contributed by atoms with E-state index in [1.807, 2.05) is 0 Å². The van der Waals surface area contributed by atoms with Crippen molar-refractivity contribution in [3.8, 4) is 0 Å². The number of aliphatic hydroxyl groups excluding tert-OH is 1. The van der Waals surface area contributed by atoms with Crippen LogP contribution in [0.1, 0.15) is 71.6 Å². The van der Waals surface area contributed by atoms with E-state index in [9.17, 15) is 9.90 Å². The molecule has 3 nitrogen and oxygen atoms in total. The minimum Gasteiger partial charge on any atom is -0.464 e. The van der Waals surface area contributed by atoms with Crippen LogP contribution in [-0.4, -0.2) is 23.8 Å². The van der Waals surface area contributed by atoms with Crippen LogP contribution in [-0.2, 0) is 9.53 Å². The van der Waals surface area contributed by atoms with Gasteiger partial charge in [-0.3, -0.25) is 0 Å². The van der Waals surface area contributed by atoms with Crippen LogP contribution in [0.2, 0.25) is 0 Å². The first-order valence-corrected chi connectivity index (χ1v) is 10.3. The summed E-state index contributed by atoms with van der Waals surface area (Å²) in [4.78, 5) is 11.3. The Hall–Kier alpha value is -1.87. The Kier molecular flexibility index (Phi) is 19.0. The molecule has 1 unspecified atom stereocenters. The average Bonchev–Trinajstić information content (AvgIpc) is 2.67. The molecule has 0 amide bonds. The Bertz CT molecular complexity index is 484. The van der Waals surface area contributed by atoms with Crippen molar-refractivity contribution in [2.45, 2.75) is 77.7 Å². The summed E-state index contributed by atoms with van der Waals surface area (Å²) in [6.07, 6.45) is 29.2. The van der Waals surface area contributed by atoms with E-state index in [2.05, 4.69) is 67.7 Å². The minimum absolute atomic E-state index is 0.315. The molecule has 1 N–H and O–H groups in total. The number of carbonyl (C=O) groups is 1. The van der Waals surface area contributed by atoms with E-state index in [-0.39, 0.29) is 0 Å². The fourth-order valence-electron chi connectivity index (χ4n) is 2.32. The van der Waals surface area contributed by atoms with Gasteiger partial charge in [0, 0.05) is 0 Å². The largest absolute Gasteiger partial charge is 0.464 e. The Labute approximate surface area is 166 Å². The van der Waals surface area contributed by atoms with Crippen molar-refractivity contribution < 1.29 is 14.6 Å². The lowest BCUT2D eigenvalue weighted by Crippen LogP contribution is -2.22. The van der Waals surface area contributed by atoms with Gasteiger partial charge in [0.2, 0.25) is 0 Å². The average molecular weight is 375 g/mol. The molecule has 0 radical (unpaired) electrons. The minimum atomic E-state index is -0.974. The number of hydrogen-bond acceptors (Lipinski definition) is 3. The molecule has 0 heterocycles. The molecule has 0 aromatic carbocycles. The lowest BCUT2D eigenvalue weighted by atomic mass is 10.1. The summed E-state index contributed by atoms with van der Waals surface area (Å²) < 4.78 is 4.77. The lowest BCUT2D eigenvalue weighted by Gasteiger charge is -2.08. The predicted molar refractivity (Wildman–Crippen MR) is 116 cm³/mol. The van der Waals surface area contributed by atoms with Crippen molar-refractivity contribution in [1.82, 2.24) is 0 Å². The van der Waals surface area contributed by atoms with Crippen LogP contribution < -0.4 is 0 Å². The maximum atomic E-state index is 11.3. The summed E-state index contributed by atoms with van der Waals surface area (Å²) in [5, 5.41) is 9.57. The molecular formula is C24H38O3. The van der Waals surface area contributed by atoms with E-state index in [0.717, 1.165) is 51.4 Å². The number of rotatable bonds is 16. The fourth-order valence-corrected chi connectivity index (χ4v) is 2.32. The standard InChI is InChI=1S/C24H38O3/c1-3-5-6-7-8-9-10-11-12-13-14-15-16-17-18-19-20-21-22-23(25)24(26)27-4-2/h5-6,8-9,11-12,14-15,17-18,23,25H,3-4,7,10,13,16,19-22H2,1-2H3. The number of aliphatic hydroxyl groups is 1. The number of hydrogen-bond donors (Lipinski definition) is 1. The van der Waals surface area contributed by atoms with Crippen molar-refractivity contribution in [2.75, 3.05) is 6.61 Å². The zero-order chi connectivity index (χ0) is 20.0. The van der Waals surface area contributed by atoms with Crippen LogP contribution in [0.4, 0.5) is 0 Å². The molecule has 27 heavy (non-hydrogen) atoms. The van der Waals surface area contributed by atoms with E-state index < -0.39 is 12.1 Å². The third-order valence-electron chi connectivity index (χ3n) is 3.81. The van der Waals surface area contributed by atoms with Gasteiger partial charge in [-0.25, -0.2) is 4.79 Å². The van der Waals surface area contributed by atoms with Crippen molar-refractivity contribution in [3.05, 3.63) is 60.8 Å². The molecule has 0 aliphatic heterocycles. The van der Waals surface area contributed by atoms with E-state index in [4.69, 9.17) is 4.74 Å². The molecule has 0 aliphatic rings. The Morgan fingerprint density at radius 3 is 1.74 bits per heavy atom. The van der Waals surface area contributed by atoms with Gasteiger partial charge < -0.3 is 9.84 Å². The molecule has 0 aromatic rings. The van der Waals surface area contributed by atoms with Gasteiger partial charge in [0.25, 0.3) is 0 Å². The summed E-state index contributed by atoms with van der Waals surface area (Å²) in [7, 11) is 0. The van der Waals surface area contributed by atoms with Gasteiger partial charge in [0.1, 0.15) is 0 Å². The molecule has 0 spiro atoms. The second-order valence-electron chi connectivity index (χ2n) is 6.26. The highest BCUT2D eigenvalue weighted by Crippen LogP contribution is 2.06. The topological polar surface area (TPSA) is 46.5 Å². The Balaban J connectivity index is 3.54. The van der Waals surface area contributed by atoms with E-state index in [1.54, 1.807) is 6.92 Å². The van der Waals surface area contributed by atoms with Crippen molar-refractivity contribution in [3.63, 3.8) is 0 Å². The second-order valence-corrected chi connectivity index (χ2v) is 6.26. The molecule has 0 aromatic heterocycles. The summed E-state index contributed by atoms with van der Waals surface area (Å²) in [5.74, 6) is -0.507. The first-order valence-electron chi connectivity index (χ1n) is 10.3. The highest BCUT2D eigenvalue weighted by Gasteiger charge is 2.14. The highest BCUT2D eigenvalue weighted by atomic mass is 16.5. The molecule has 0 bridgehead atoms. The molecular weight excluding hydrogens is 336 g/mol. The van der Waals surface area contributed by atoms with Crippen LogP contribution in [0.3, 0.4) is 0 Å². The molecule has 152 valence electrons. The molecule has 0 rings (SSSR count). The Morgan fingerprint density at radius 1 is 0.778 bits per heavy atom. The van der Waals surface area contributed by atoms with Gasteiger partial charge in [0.05, 0.1) is 6.61 Å². The van der Waals surface area contributed by atoms with Gasteiger partial charge in [-0.2, -0.15) is 0 Å². The normalized spacial score (nSPS) is 13.7. The lowest BCUT2D eigenvalue weighted by molar-refractivity contribution is -0.153. The van der Waals surface area contributed by atoms with E-state index in [1.165, 1.54) is 0 Å². The summed E-state index contributed by atoms with van der Waals surface area (Å²) >= 11 is 0. The number of allylic oxidation sites excluding steroid dienone is 10. The van der Waals surface area contributed by atoms with Crippen LogP contribution >= 0.6 is 0 Å². The summed E-state index contributed by atoms with van der Waals surface area (Å²) in [6.45, 7) is 4.21. The first-order chi connectivity index (χ1) is 13.2. The van der Waals surface area contributed by atoms with Gasteiger partial charge in [-0.15, -0.1) is 0 Å². The van der Waals surface area contributed by atoms with Crippen molar-refractivity contribution in [2.24, 2.45) is 0 Å². The zero-order valence-corrected chi connectivity index (χ0v) is 17.2. The summed E-state index contributed by atoms with van der Waals surface area (Å²) in [5.41, 5.74) is 0. The molecule has 0 fully saturated rings. The molecule has 0 saturated carbocycles.